The second-order valence-corrected chi connectivity index (χ2v) is 21.1. The number of carbonyl (C=O) groups is 4. The van der Waals surface area contributed by atoms with Crippen molar-refractivity contribution in [1.82, 2.24) is 14.8 Å². The van der Waals surface area contributed by atoms with Gasteiger partial charge in [0.05, 0.1) is 34.8 Å². The van der Waals surface area contributed by atoms with Crippen molar-refractivity contribution in [2.75, 3.05) is 56.0 Å². The summed E-state index contributed by atoms with van der Waals surface area (Å²) in [4.78, 5) is 76.7. The minimum absolute atomic E-state index is 0.0375. The molecule has 392 valence electrons. The van der Waals surface area contributed by atoms with E-state index in [1.54, 1.807) is 76.2 Å². The van der Waals surface area contributed by atoms with Crippen LogP contribution in [0.15, 0.2) is 70.7 Å². The SMILES string of the molecule is C/C1=C/C=C/C(C)[C@H](O)[C@@H](C)C(O)[C@@H](C)[C@H](OC(=O)CC(=O)N2CCCN(c3ccncc3)CC2)CC/C=C/O[C@@]2(C)Oc3c(C)c(O)c4c(O)c(c5c(c4c3C2=O)=NC2(CCN(CC(C)C)CC2)N=5)NC1=O. The molecule has 1 aromatic heterocycles. The Morgan fingerprint density at radius 2 is 1.63 bits per heavy atom. The van der Waals surface area contributed by atoms with E-state index in [0.717, 1.165) is 18.8 Å². The number of aliphatic hydroxyl groups excluding tert-OH is 2. The first-order valence-corrected chi connectivity index (χ1v) is 25.7. The van der Waals surface area contributed by atoms with Crippen LogP contribution in [0.2, 0.25) is 0 Å². The van der Waals surface area contributed by atoms with Crippen LogP contribution in [-0.4, -0.2) is 134 Å². The maximum absolute atomic E-state index is 14.8. The average Bonchev–Trinajstić information content (AvgIpc) is 3.72. The fourth-order valence-electron chi connectivity index (χ4n) is 10.8. The molecule has 18 heteroatoms. The number of Topliss-reactive ketones (excluding diaryl/α,β-unsaturated/α-hetero) is 1. The third-order valence-corrected chi connectivity index (χ3v) is 15.2. The van der Waals surface area contributed by atoms with E-state index in [0.29, 0.717) is 57.9 Å². The number of aromatic hydroxyl groups is 2. The molecule has 2 aromatic carbocycles. The fraction of sp³-hybridized carbons (Fsp3) is 0.545. The van der Waals surface area contributed by atoms with Gasteiger partial charge in [-0.2, -0.15) is 0 Å². The Bertz CT molecular complexity index is 2840. The molecule has 3 aromatic rings. The van der Waals surface area contributed by atoms with Crippen LogP contribution in [0, 0.1) is 30.6 Å². The molecular formula is C55H71N7O11. The number of esters is 1. The number of rotatable bonds is 6. The topological polar surface area (TPSA) is 236 Å². The minimum Gasteiger partial charge on any atom is -0.507 e. The number of amides is 2. The van der Waals surface area contributed by atoms with Crippen molar-refractivity contribution in [2.45, 2.75) is 124 Å². The zero-order chi connectivity index (χ0) is 52.5. The van der Waals surface area contributed by atoms with E-state index in [-0.39, 0.29) is 74.1 Å². The molecule has 2 amide bonds. The summed E-state index contributed by atoms with van der Waals surface area (Å²) in [5.41, 5.74) is 0.403. The van der Waals surface area contributed by atoms with Crippen molar-refractivity contribution in [2.24, 2.45) is 33.7 Å². The lowest BCUT2D eigenvalue weighted by Crippen LogP contribution is -2.43. The van der Waals surface area contributed by atoms with Crippen LogP contribution in [0.1, 0.15) is 103 Å². The molecule has 18 nitrogen and oxygen atoms in total. The molecular weight excluding hydrogens is 935 g/mol. The number of fused-ring (bicyclic) bond motifs is 13. The Labute approximate surface area is 426 Å². The summed E-state index contributed by atoms with van der Waals surface area (Å²) in [5, 5.41) is 50.7. The highest BCUT2D eigenvalue weighted by atomic mass is 16.7. The number of anilines is 2. The number of aliphatic hydroxyl groups is 2. The lowest BCUT2D eigenvalue weighted by atomic mass is 9.81. The first-order valence-electron chi connectivity index (χ1n) is 25.7. The molecule has 0 radical (unpaired) electrons. The highest BCUT2D eigenvalue weighted by Gasteiger charge is 2.50. The van der Waals surface area contributed by atoms with Crippen molar-refractivity contribution in [3.63, 3.8) is 0 Å². The molecule has 9 rings (SSSR count). The summed E-state index contributed by atoms with van der Waals surface area (Å²) >= 11 is 0. The van der Waals surface area contributed by atoms with Crippen LogP contribution in [0.4, 0.5) is 11.4 Å². The Kier molecular flexibility index (Phi) is 15.7. The third-order valence-electron chi connectivity index (χ3n) is 15.2. The lowest BCUT2D eigenvalue weighted by molar-refractivity contribution is -0.159. The van der Waals surface area contributed by atoms with Crippen LogP contribution in [0.3, 0.4) is 0 Å². The van der Waals surface area contributed by atoms with E-state index in [1.807, 2.05) is 12.1 Å². The number of likely N-dealkylation sites (tertiary alicyclic amines) is 1. The van der Waals surface area contributed by atoms with Crippen molar-refractivity contribution >= 4 is 45.7 Å². The first-order chi connectivity index (χ1) is 34.7. The smallest absolute Gasteiger partial charge is 0.315 e. The maximum Gasteiger partial charge on any atom is 0.315 e. The molecule has 5 N–H and O–H groups in total. The molecule has 5 bridgehead atoms. The predicted molar refractivity (Wildman–Crippen MR) is 274 cm³/mol. The number of ketones is 1. The number of nitrogens with zero attached hydrogens (tertiary/aromatic N) is 6. The number of hydrogen-bond donors (Lipinski definition) is 5. The molecule has 6 aliphatic heterocycles. The van der Waals surface area contributed by atoms with E-state index in [1.165, 1.54) is 13.2 Å². The van der Waals surface area contributed by atoms with Gasteiger partial charge in [0.15, 0.2) is 11.4 Å². The standard InChI is InChI=1S/C55H71N7O11/c1-31(2)30-60-24-18-55(19-25-60)58-44-41-42-49(67)36(7)51-43(41)52(69)54(8,73-51)71-28-10-9-15-38(72-40(64)29-39(63)62-23-12-22-61(26-27-62)37-16-20-56-21-17-37)34(5)48(66)35(6)47(65)32(3)13-11-14-33(4)53(70)57-46(50(42)68)45(44)59-55/h10-11,13-14,16-17,20-21,28,31-32,34-35,38,47-48,65-68H,9,12,15,18-19,22-27,29-30H2,1-8H3,(H,57,70)/b13-11+,28-10+,33-14-/t32?,34-,35+,38+,47-,48?,54-/m0/s1. The Balaban J connectivity index is 1.11. The van der Waals surface area contributed by atoms with Crippen LogP contribution < -0.4 is 25.7 Å². The normalized spacial score (nSPS) is 28.6. The van der Waals surface area contributed by atoms with Gasteiger partial charge in [-0.3, -0.25) is 34.1 Å². The Morgan fingerprint density at radius 1 is 0.918 bits per heavy atom. The lowest BCUT2D eigenvalue weighted by Gasteiger charge is -2.36. The Morgan fingerprint density at radius 3 is 2.34 bits per heavy atom. The van der Waals surface area contributed by atoms with Gasteiger partial charge < -0.3 is 54.7 Å². The molecule has 73 heavy (non-hydrogen) atoms. The van der Waals surface area contributed by atoms with Gasteiger partial charge in [0.2, 0.25) is 5.91 Å². The van der Waals surface area contributed by atoms with Crippen molar-refractivity contribution in [3.05, 3.63) is 82.5 Å². The average molecular weight is 1010 g/mol. The van der Waals surface area contributed by atoms with Crippen LogP contribution in [0.25, 0.3) is 10.8 Å². The monoisotopic (exact) mass is 1010 g/mol. The number of phenols is 2. The zero-order valence-corrected chi connectivity index (χ0v) is 43.3. The number of piperidine rings is 1. The van der Waals surface area contributed by atoms with Crippen LogP contribution in [-0.2, 0) is 23.9 Å². The van der Waals surface area contributed by atoms with Gasteiger partial charge >= 0.3 is 11.8 Å². The second kappa shape index (κ2) is 21.6. The third kappa shape index (κ3) is 10.8. The number of carbonyl (C=O) groups excluding carboxylic acids is 4. The van der Waals surface area contributed by atoms with Gasteiger partial charge in [-0.1, -0.05) is 52.8 Å². The highest BCUT2D eigenvalue weighted by Crippen LogP contribution is 2.50. The van der Waals surface area contributed by atoms with E-state index >= 15 is 0 Å². The summed E-state index contributed by atoms with van der Waals surface area (Å²) < 4.78 is 18.5. The molecule has 2 saturated heterocycles. The van der Waals surface area contributed by atoms with Gasteiger partial charge in [-0.25, -0.2) is 0 Å². The summed E-state index contributed by atoms with van der Waals surface area (Å²) in [7, 11) is 0. The van der Waals surface area contributed by atoms with E-state index in [9.17, 15) is 39.6 Å². The van der Waals surface area contributed by atoms with Crippen molar-refractivity contribution in [3.8, 4) is 17.2 Å². The van der Waals surface area contributed by atoms with Gasteiger partial charge in [0.25, 0.3) is 11.7 Å². The van der Waals surface area contributed by atoms with Gasteiger partial charge in [-0.15, -0.1) is 0 Å². The molecule has 7 heterocycles. The van der Waals surface area contributed by atoms with Crippen molar-refractivity contribution in [1.29, 1.82) is 0 Å². The number of hydrogen-bond acceptors (Lipinski definition) is 16. The van der Waals surface area contributed by atoms with Crippen molar-refractivity contribution < 1.29 is 53.8 Å². The van der Waals surface area contributed by atoms with Crippen LogP contribution >= 0.6 is 0 Å². The fourth-order valence-corrected chi connectivity index (χ4v) is 10.8. The van der Waals surface area contributed by atoms with Gasteiger partial charge in [-0.05, 0) is 57.2 Å². The number of phenolic OH excluding ortho intramolecular Hbond substituents is 2. The summed E-state index contributed by atoms with van der Waals surface area (Å²) in [6, 6.07) is 3.84. The van der Waals surface area contributed by atoms with Gasteiger partial charge in [0, 0.05) is 118 Å². The van der Waals surface area contributed by atoms with Crippen LogP contribution in [0.5, 0.6) is 17.2 Å². The highest BCUT2D eigenvalue weighted by molar-refractivity contribution is 6.19. The number of nitrogens with one attached hydrogen (secondary N) is 1. The predicted octanol–water partition coefficient (Wildman–Crippen LogP) is 5.38. The summed E-state index contributed by atoms with van der Waals surface area (Å²) in [6.45, 7) is 18.6. The summed E-state index contributed by atoms with van der Waals surface area (Å²) in [6.07, 6.45) is 9.83. The zero-order valence-electron chi connectivity index (χ0n) is 43.3. The number of pyridine rings is 1. The molecule has 2 unspecified atom stereocenters. The maximum atomic E-state index is 14.8. The van der Waals surface area contributed by atoms with E-state index in [2.05, 4.69) is 33.9 Å². The number of ether oxygens (including phenoxy) is 3. The second-order valence-electron chi connectivity index (χ2n) is 21.1. The largest absolute Gasteiger partial charge is 0.507 e. The number of aromatic nitrogens is 1. The Hall–Kier alpha value is -6.37. The van der Waals surface area contributed by atoms with Gasteiger partial charge in [0.1, 0.15) is 35.1 Å². The molecule has 6 aliphatic rings. The minimum atomic E-state index is -1.95. The molecule has 7 atom stereocenters. The van der Waals surface area contributed by atoms with E-state index in [4.69, 9.17) is 24.2 Å². The summed E-state index contributed by atoms with van der Waals surface area (Å²) in [5.74, 6) is -6.57. The molecule has 2 fully saturated rings. The molecule has 1 spiro atoms. The number of allylic oxidation sites excluding steroid dienone is 3. The van der Waals surface area contributed by atoms with E-state index < -0.39 is 77.3 Å². The number of benzene rings is 2. The first kappa shape index (κ1) is 52.9. The quantitative estimate of drug-likeness (QED) is 0.119. The molecule has 0 saturated carbocycles. The molecule has 0 aliphatic carbocycles.